The Bertz CT molecular complexity index is 1050. The lowest BCUT2D eigenvalue weighted by atomic mass is 10.1. The van der Waals surface area contributed by atoms with Gasteiger partial charge in [-0.05, 0) is 48.7 Å². The number of hydrogen-bond donors (Lipinski definition) is 0. The molecule has 1 unspecified atom stereocenters. The second-order valence-electron chi connectivity index (χ2n) is 7.69. The van der Waals surface area contributed by atoms with Crippen LogP contribution in [-0.4, -0.2) is 55.9 Å². The van der Waals surface area contributed by atoms with Gasteiger partial charge in [-0.15, -0.1) is 0 Å². The molecule has 2 aromatic carbocycles. The summed E-state index contributed by atoms with van der Waals surface area (Å²) in [5, 5.41) is 0.0595. The number of hydrogen-bond acceptors (Lipinski definition) is 4. The average molecular weight is 483 g/mol. The summed E-state index contributed by atoms with van der Waals surface area (Å²) >= 11 is 6.22. The van der Waals surface area contributed by atoms with Crippen LogP contribution in [0.1, 0.15) is 42.6 Å². The van der Waals surface area contributed by atoms with Crippen molar-refractivity contribution in [3.05, 3.63) is 64.4 Å². The lowest BCUT2D eigenvalue weighted by Crippen LogP contribution is -2.37. The van der Waals surface area contributed by atoms with E-state index in [0.29, 0.717) is 18.7 Å². The third-order valence-electron chi connectivity index (χ3n) is 5.50. The van der Waals surface area contributed by atoms with Crippen molar-refractivity contribution in [1.82, 2.24) is 9.21 Å². The number of nitrogens with zero attached hydrogens (tertiary/aromatic N) is 2. The lowest BCUT2D eigenvalue weighted by Gasteiger charge is -2.26. The number of sulfonamides is 1. The van der Waals surface area contributed by atoms with Gasteiger partial charge < -0.3 is 9.64 Å². The highest BCUT2D eigenvalue weighted by atomic mass is 35.5. The fourth-order valence-corrected chi connectivity index (χ4v) is 5.79. The molecule has 0 saturated carbocycles. The predicted molar refractivity (Wildman–Crippen MR) is 122 cm³/mol. The molecule has 0 radical (unpaired) electrons. The van der Waals surface area contributed by atoms with Gasteiger partial charge in [0, 0.05) is 38.3 Å². The van der Waals surface area contributed by atoms with Crippen LogP contribution in [0.15, 0.2) is 47.4 Å². The standard InChI is InChI=1S/C23H28ClFN2O4S/c1-3-27(4-2)32(29,30)22-14-18(10-11-21(22)24)23(28)26(16-20-9-6-12-31-20)15-17-7-5-8-19(25)13-17/h5,7-8,10-11,13-14,20H,3-4,6,9,12,15-16H2,1-2H3. The monoisotopic (exact) mass is 482 g/mol. The first-order valence-electron chi connectivity index (χ1n) is 10.7. The molecule has 0 bridgehead atoms. The normalized spacial score (nSPS) is 16.5. The summed E-state index contributed by atoms with van der Waals surface area (Å²) in [6.07, 6.45) is 1.63. The van der Waals surface area contributed by atoms with E-state index in [1.165, 1.54) is 34.6 Å². The summed E-state index contributed by atoms with van der Waals surface area (Å²) in [6.45, 7) is 5.21. The number of carbonyl (C=O) groups is 1. The van der Waals surface area contributed by atoms with Gasteiger partial charge >= 0.3 is 0 Å². The van der Waals surface area contributed by atoms with Crippen LogP contribution in [0.25, 0.3) is 0 Å². The van der Waals surface area contributed by atoms with Crippen molar-refractivity contribution < 1.29 is 22.3 Å². The highest BCUT2D eigenvalue weighted by Gasteiger charge is 2.28. The molecule has 32 heavy (non-hydrogen) atoms. The molecule has 1 saturated heterocycles. The van der Waals surface area contributed by atoms with Crippen LogP contribution >= 0.6 is 11.6 Å². The van der Waals surface area contributed by atoms with Crippen molar-refractivity contribution >= 4 is 27.5 Å². The molecule has 0 aliphatic carbocycles. The number of rotatable bonds is 9. The Morgan fingerprint density at radius 2 is 1.94 bits per heavy atom. The van der Waals surface area contributed by atoms with E-state index < -0.39 is 10.0 Å². The summed E-state index contributed by atoms with van der Waals surface area (Å²) in [4.78, 5) is 14.9. The molecule has 3 rings (SSSR count). The highest BCUT2D eigenvalue weighted by molar-refractivity contribution is 7.89. The smallest absolute Gasteiger partial charge is 0.254 e. The van der Waals surface area contributed by atoms with Crippen LogP contribution in [0, 0.1) is 5.82 Å². The van der Waals surface area contributed by atoms with Crippen LogP contribution in [-0.2, 0) is 21.3 Å². The number of amides is 1. The van der Waals surface area contributed by atoms with Crippen LogP contribution in [0.4, 0.5) is 4.39 Å². The molecule has 1 atom stereocenters. The molecule has 0 spiro atoms. The van der Waals surface area contributed by atoms with Crippen LogP contribution in [0.2, 0.25) is 5.02 Å². The van der Waals surface area contributed by atoms with Gasteiger partial charge in [0.2, 0.25) is 10.0 Å². The molecule has 1 aliphatic rings. The van der Waals surface area contributed by atoms with E-state index in [9.17, 15) is 17.6 Å². The second-order valence-corrected chi connectivity index (χ2v) is 10.00. The summed E-state index contributed by atoms with van der Waals surface area (Å²) in [7, 11) is -3.84. The van der Waals surface area contributed by atoms with E-state index >= 15 is 0 Å². The Balaban J connectivity index is 1.94. The van der Waals surface area contributed by atoms with Crippen LogP contribution < -0.4 is 0 Å². The lowest BCUT2D eigenvalue weighted by molar-refractivity contribution is 0.0507. The topological polar surface area (TPSA) is 66.9 Å². The zero-order chi connectivity index (χ0) is 23.3. The van der Waals surface area contributed by atoms with Crippen LogP contribution in [0.3, 0.4) is 0 Å². The summed E-state index contributed by atoms with van der Waals surface area (Å²) in [5.74, 6) is -0.747. The molecule has 0 N–H and O–H groups in total. The summed E-state index contributed by atoms with van der Waals surface area (Å²) < 4.78 is 46.7. The van der Waals surface area contributed by atoms with E-state index in [0.717, 1.165) is 12.8 Å². The molecule has 6 nitrogen and oxygen atoms in total. The zero-order valence-electron chi connectivity index (χ0n) is 18.3. The predicted octanol–water partition coefficient (Wildman–Crippen LogP) is 4.33. The van der Waals surface area contributed by atoms with Crippen molar-refractivity contribution in [1.29, 1.82) is 0 Å². The largest absolute Gasteiger partial charge is 0.376 e. The average Bonchev–Trinajstić information content (AvgIpc) is 3.27. The van der Waals surface area contributed by atoms with Gasteiger partial charge in [0.05, 0.1) is 11.1 Å². The SMILES string of the molecule is CCN(CC)S(=O)(=O)c1cc(C(=O)N(Cc2cccc(F)c2)CC2CCCO2)ccc1Cl. The zero-order valence-corrected chi connectivity index (χ0v) is 19.8. The first kappa shape index (κ1) is 24.6. The Kier molecular flexibility index (Phi) is 8.27. The molecular weight excluding hydrogens is 455 g/mol. The molecule has 0 aromatic heterocycles. The molecule has 174 valence electrons. The maximum absolute atomic E-state index is 13.7. The first-order chi connectivity index (χ1) is 15.3. The molecular formula is C23H28ClFN2O4S. The van der Waals surface area contributed by atoms with Gasteiger partial charge in [-0.2, -0.15) is 4.31 Å². The minimum atomic E-state index is -3.84. The fraction of sp³-hybridized carbons (Fsp3) is 0.435. The van der Waals surface area contributed by atoms with Gasteiger partial charge in [0.1, 0.15) is 10.7 Å². The number of halogens is 2. The van der Waals surface area contributed by atoms with E-state index in [1.807, 2.05) is 0 Å². The quantitative estimate of drug-likeness (QED) is 0.533. The maximum Gasteiger partial charge on any atom is 0.254 e. The van der Waals surface area contributed by atoms with Crippen molar-refractivity contribution in [3.63, 3.8) is 0 Å². The Hall–Kier alpha value is -2.00. The number of ether oxygens (including phenoxy) is 1. The molecule has 1 aliphatic heterocycles. The molecule has 2 aromatic rings. The fourth-order valence-electron chi connectivity index (χ4n) is 3.83. The van der Waals surface area contributed by atoms with E-state index in [-0.39, 0.29) is 52.9 Å². The van der Waals surface area contributed by atoms with Crippen molar-refractivity contribution in [2.24, 2.45) is 0 Å². The van der Waals surface area contributed by atoms with E-state index in [2.05, 4.69) is 0 Å². The molecule has 1 amide bonds. The van der Waals surface area contributed by atoms with E-state index in [4.69, 9.17) is 16.3 Å². The second kappa shape index (κ2) is 10.7. The molecule has 9 heteroatoms. The van der Waals surface area contributed by atoms with Crippen molar-refractivity contribution in [3.8, 4) is 0 Å². The van der Waals surface area contributed by atoms with Gasteiger partial charge in [0.15, 0.2) is 0 Å². The molecule has 1 heterocycles. The minimum absolute atomic E-state index is 0.0595. The maximum atomic E-state index is 13.7. The third-order valence-corrected chi connectivity index (χ3v) is 8.03. The van der Waals surface area contributed by atoms with Gasteiger partial charge in [-0.25, -0.2) is 12.8 Å². The minimum Gasteiger partial charge on any atom is -0.376 e. The van der Waals surface area contributed by atoms with Crippen molar-refractivity contribution in [2.45, 2.75) is 44.2 Å². The van der Waals surface area contributed by atoms with Gasteiger partial charge in [0.25, 0.3) is 5.91 Å². The summed E-state index contributed by atoms with van der Waals surface area (Å²) in [5.41, 5.74) is 0.843. The van der Waals surface area contributed by atoms with Crippen LogP contribution in [0.5, 0.6) is 0 Å². The molecule has 1 fully saturated rings. The Morgan fingerprint density at radius 3 is 2.56 bits per heavy atom. The Morgan fingerprint density at radius 1 is 1.19 bits per heavy atom. The number of carbonyl (C=O) groups excluding carboxylic acids is 1. The first-order valence-corrected chi connectivity index (χ1v) is 12.5. The summed E-state index contributed by atoms with van der Waals surface area (Å²) in [6, 6.07) is 10.3. The van der Waals surface area contributed by atoms with Crippen molar-refractivity contribution in [2.75, 3.05) is 26.2 Å². The van der Waals surface area contributed by atoms with E-state index in [1.54, 1.807) is 30.9 Å². The van der Waals surface area contributed by atoms with Gasteiger partial charge in [-0.1, -0.05) is 37.6 Å². The van der Waals surface area contributed by atoms with Gasteiger partial charge in [-0.3, -0.25) is 4.79 Å². The number of benzene rings is 2. The third kappa shape index (κ3) is 5.67. The highest BCUT2D eigenvalue weighted by Crippen LogP contribution is 2.27. The Labute approximate surface area is 194 Å².